The van der Waals surface area contributed by atoms with Crippen LogP contribution in [0.25, 0.3) is 11.3 Å². The molecular weight excluding hydrogens is 387 g/mol. The van der Waals surface area contributed by atoms with Crippen molar-refractivity contribution < 1.29 is 9.59 Å². The molecule has 0 fully saturated rings. The van der Waals surface area contributed by atoms with Crippen LogP contribution < -0.4 is 10.6 Å². The molecule has 2 aromatic carbocycles. The number of benzene rings is 2. The minimum Gasteiger partial charge on any atom is -0.350 e. The smallest absolute Gasteiger partial charge is 0.253 e. The van der Waals surface area contributed by atoms with Crippen LogP contribution in [-0.2, 0) is 11.3 Å². The number of aromatic nitrogens is 2. The third-order valence-corrected chi connectivity index (χ3v) is 4.39. The zero-order valence-electron chi connectivity index (χ0n) is 14.1. The van der Waals surface area contributed by atoms with Crippen molar-refractivity contribution in [1.29, 1.82) is 0 Å². The SMILES string of the molecule is O=C(CNC(=O)c1ccc(Cl)cc1Cl)NCc1ccc(-c2ccn[nH]2)cc1. The number of amides is 2. The molecule has 2 amide bonds. The molecule has 3 rings (SSSR count). The van der Waals surface area contributed by atoms with Crippen LogP contribution in [0.1, 0.15) is 15.9 Å². The minimum absolute atomic E-state index is 0.149. The van der Waals surface area contributed by atoms with Crippen molar-refractivity contribution in [3.05, 3.63) is 75.9 Å². The van der Waals surface area contributed by atoms with Crippen LogP contribution in [0.5, 0.6) is 0 Å². The van der Waals surface area contributed by atoms with Gasteiger partial charge in [0, 0.05) is 17.8 Å². The Hall–Kier alpha value is -2.83. The summed E-state index contributed by atoms with van der Waals surface area (Å²) in [5.41, 5.74) is 3.14. The highest BCUT2D eigenvalue weighted by molar-refractivity contribution is 6.36. The zero-order chi connectivity index (χ0) is 19.2. The van der Waals surface area contributed by atoms with Gasteiger partial charge in [-0.05, 0) is 35.4 Å². The van der Waals surface area contributed by atoms with E-state index < -0.39 is 5.91 Å². The van der Waals surface area contributed by atoms with Gasteiger partial charge in [-0.2, -0.15) is 5.10 Å². The number of carbonyl (C=O) groups excluding carboxylic acids is 2. The Morgan fingerprint density at radius 1 is 1.00 bits per heavy atom. The molecule has 0 saturated carbocycles. The lowest BCUT2D eigenvalue weighted by atomic mass is 10.1. The van der Waals surface area contributed by atoms with Crippen molar-refractivity contribution in [1.82, 2.24) is 20.8 Å². The summed E-state index contributed by atoms with van der Waals surface area (Å²) in [5.74, 6) is -0.734. The van der Waals surface area contributed by atoms with Gasteiger partial charge in [0.25, 0.3) is 5.91 Å². The van der Waals surface area contributed by atoms with Crippen molar-refractivity contribution >= 4 is 35.0 Å². The predicted molar refractivity (Wildman–Crippen MR) is 105 cm³/mol. The van der Waals surface area contributed by atoms with E-state index in [1.807, 2.05) is 30.3 Å². The first-order chi connectivity index (χ1) is 13.0. The van der Waals surface area contributed by atoms with Gasteiger partial charge in [-0.1, -0.05) is 47.5 Å². The van der Waals surface area contributed by atoms with Gasteiger partial charge in [0.05, 0.1) is 22.8 Å². The number of H-pyrrole nitrogens is 1. The fourth-order valence-electron chi connectivity index (χ4n) is 2.41. The van der Waals surface area contributed by atoms with Crippen molar-refractivity contribution in [2.45, 2.75) is 6.54 Å². The van der Waals surface area contributed by atoms with Gasteiger partial charge in [0.2, 0.25) is 5.91 Å². The van der Waals surface area contributed by atoms with Gasteiger partial charge in [-0.15, -0.1) is 0 Å². The van der Waals surface area contributed by atoms with E-state index in [9.17, 15) is 9.59 Å². The second-order valence-electron chi connectivity index (χ2n) is 5.75. The highest BCUT2D eigenvalue weighted by atomic mass is 35.5. The van der Waals surface area contributed by atoms with Crippen LogP contribution in [0.3, 0.4) is 0 Å². The lowest BCUT2D eigenvalue weighted by Gasteiger charge is -2.09. The second-order valence-corrected chi connectivity index (χ2v) is 6.59. The summed E-state index contributed by atoms with van der Waals surface area (Å²) < 4.78 is 0. The van der Waals surface area contributed by atoms with E-state index in [0.717, 1.165) is 16.8 Å². The Balaban J connectivity index is 1.47. The number of nitrogens with zero attached hydrogens (tertiary/aromatic N) is 1. The van der Waals surface area contributed by atoms with E-state index in [-0.39, 0.29) is 23.0 Å². The number of aromatic amines is 1. The standard InChI is InChI=1S/C19H16Cl2N4O2/c20-14-5-6-15(16(21)9-14)19(27)23-11-18(26)22-10-12-1-3-13(4-2-12)17-7-8-24-25-17/h1-9H,10-11H2,(H,22,26)(H,23,27)(H,24,25). The number of carbonyl (C=O) groups is 2. The van der Waals surface area contributed by atoms with Crippen LogP contribution in [0.4, 0.5) is 0 Å². The Kier molecular flexibility index (Phi) is 6.11. The highest BCUT2D eigenvalue weighted by Gasteiger charge is 2.12. The fraction of sp³-hybridized carbons (Fsp3) is 0.105. The molecule has 0 aliphatic carbocycles. The van der Waals surface area contributed by atoms with E-state index in [4.69, 9.17) is 23.2 Å². The van der Waals surface area contributed by atoms with E-state index in [0.29, 0.717) is 11.6 Å². The Labute approximate surface area is 165 Å². The fourth-order valence-corrected chi connectivity index (χ4v) is 2.91. The lowest BCUT2D eigenvalue weighted by Crippen LogP contribution is -2.36. The van der Waals surface area contributed by atoms with Gasteiger partial charge in [-0.3, -0.25) is 14.7 Å². The average Bonchev–Trinajstić information content (AvgIpc) is 3.19. The maximum atomic E-state index is 12.1. The largest absolute Gasteiger partial charge is 0.350 e. The Morgan fingerprint density at radius 3 is 2.44 bits per heavy atom. The van der Waals surface area contributed by atoms with Crippen LogP contribution in [0.2, 0.25) is 10.0 Å². The van der Waals surface area contributed by atoms with Crippen LogP contribution in [-0.4, -0.2) is 28.6 Å². The predicted octanol–water partition coefficient (Wildman–Crippen LogP) is 3.43. The molecule has 0 saturated heterocycles. The van der Waals surface area contributed by atoms with Crippen molar-refractivity contribution in [3.63, 3.8) is 0 Å². The van der Waals surface area contributed by atoms with Crippen molar-refractivity contribution in [2.24, 2.45) is 0 Å². The van der Waals surface area contributed by atoms with Crippen LogP contribution >= 0.6 is 23.2 Å². The maximum Gasteiger partial charge on any atom is 0.253 e. The van der Waals surface area contributed by atoms with Crippen molar-refractivity contribution in [3.8, 4) is 11.3 Å². The molecule has 3 aromatic rings. The molecule has 0 bridgehead atoms. The van der Waals surface area contributed by atoms with Gasteiger partial charge in [-0.25, -0.2) is 0 Å². The Morgan fingerprint density at radius 2 is 1.78 bits per heavy atom. The summed E-state index contributed by atoms with van der Waals surface area (Å²) in [7, 11) is 0. The van der Waals surface area contributed by atoms with Gasteiger partial charge < -0.3 is 10.6 Å². The third kappa shape index (κ3) is 5.09. The molecule has 0 radical (unpaired) electrons. The summed E-state index contributed by atoms with van der Waals surface area (Å²) >= 11 is 11.8. The number of nitrogens with one attached hydrogen (secondary N) is 3. The van der Waals surface area contributed by atoms with E-state index >= 15 is 0 Å². The first kappa shape index (κ1) is 18.9. The first-order valence-corrected chi connectivity index (χ1v) is 8.87. The minimum atomic E-state index is -0.435. The summed E-state index contributed by atoms with van der Waals surface area (Å²) in [5, 5.41) is 12.8. The molecule has 0 spiro atoms. The average molecular weight is 403 g/mol. The molecule has 0 atom stereocenters. The molecular formula is C19H16Cl2N4O2. The van der Waals surface area contributed by atoms with Gasteiger partial charge >= 0.3 is 0 Å². The number of halogens is 2. The normalized spacial score (nSPS) is 10.4. The first-order valence-electron chi connectivity index (χ1n) is 8.11. The molecule has 0 aliphatic rings. The molecule has 1 heterocycles. The number of hydrogen-bond donors (Lipinski definition) is 3. The third-order valence-electron chi connectivity index (χ3n) is 3.84. The molecule has 27 heavy (non-hydrogen) atoms. The monoisotopic (exact) mass is 402 g/mol. The maximum absolute atomic E-state index is 12.1. The van der Waals surface area contributed by atoms with Crippen LogP contribution in [0.15, 0.2) is 54.7 Å². The van der Waals surface area contributed by atoms with Gasteiger partial charge in [0.1, 0.15) is 0 Å². The van der Waals surface area contributed by atoms with Crippen LogP contribution in [0, 0.1) is 0 Å². The summed E-state index contributed by atoms with van der Waals surface area (Å²) in [4.78, 5) is 24.0. The van der Waals surface area contributed by atoms with E-state index in [1.165, 1.54) is 12.1 Å². The topological polar surface area (TPSA) is 86.9 Å². The number of rotatable bonds is 6. The molecule has 6 nitrogen and oxygen atoms in total. The molecule has 3 N–H and O–H groups in total. The molecule has 8 heteroatoms. The molecule has 138 valence electrons. The molecule has 1 aromatic heterocycles. The van der Waals surface area contributed by atoms with Gasteiger partial charge in [0.15, 0.2) is 0 Å². The lowest BCUT2D eigenvalue weighted by molar-refractivity contribution is -0.120. The van der Waals surface area contributed by atoms with E-state index in [2.05, 4.69) is 20.8 Å². The quantitative estimate of drug-likeness (QED) is 0.590. The molecule has 0 aliphatic heterocycles. The highest BCUT2D eigenvalue weighted by Crippen LogP contribution is 2.20. The summed E-state index contributed by atoms with van der Waals surface area (Å²) in [6.45, 7) is 0.212. The Bertz CT molecular complexity index is 941. The summed E-state index contributed by atoms with van der Waals surface area (Å²) in [6, 6.07) is 14.2. The number of hydrogen-bond acceptors (Lipinski definition) is 3. The van der Waals surface area contributed by atoms with E-state index in [1.54, 1.807) is 12.3 Å². The van der Waals surface area contributed by atoms with Crippen molar-refractivity contribution in [2.75, 3.05) is 6.54 Å². The molecule has 0 unspecified atom stereocenters. The zero-order valence-corrected chi connectivity index (χ0v) is 15.6. The summed E-state index contributed by atoms with van der Waals surface area (Å²) in [6.07, 6.45) is 1.69. The second kappa shape index (κ2) is 8.70.